The van der Waals surface area contributed by atoms with Gasteiger partial charge in [0.2, 0.25) is 0 Å². The number of aromatic nitrogens is 3. The minimum Gasteiger partial charge on any atom is -0.497 e. The molecule has 1 fully saturated rings. The maximum atomic E-state index is 12.9. The summed E-state index contributed by atoms with van der Waals surface area (Å²) in [6, 6.07) is 19.5. The molecule has 1 aliphatic rings. The molecule has 5 rings (SSSR count). The van der Waals surface area contributed by atoms with Gasteiger partial charge in [0.05, 0.1) is 18.3 Å². The minimum atomic E-state index is -0.0523. The third-order valence-corrected chi connectivity index (χ3v) is 5.91. The molecule has 162 valence electrons. The minimum absolute atomic E-state index is 0.0523. The van der Waals surface area contributed by atoms with E-state index in [1.807, 2.05) is 54.6 Å². The Morgan fingerprint density at radius 3 is 2.88 bits per heavy atom. The van der Waals surface area contributed by atoms with Gasteiger partial charge in [-0.25, -0.2) is 0 Å². The predicted octanol–water partition coefficient (Wildman–Crippen LogP) is 4.03. The third kappa shape index (κ3) is 4.14. The Bertz CT molecular complexity index is 1230. The fraction of sp³-hybridized carbons (Fsp3) is 0.240. The zero-order valence-corrected chi connectivity index (χ0v) is 17.9. The number of rotatable bonds is 5. The number of fused-ring (bicyclic) bond motifs is 1. The number of amides is 1. The Hall–Kier alpha value is -3.87. The summed E-state index contributed by atoms with van der Waals surface area (Å²) >= 11 is 0. The quantitative estimate of drug-likeness (QED) is 0.502. The molecule has 0 spiro atoms. The van der Waals surface area contributed by atoms with Crippen LogP contribution < -0.4 is 15.0 Å². The largest absolute Gasteiger partial charge is 0.497 e. The molecule has 2 aromatic carbocycles. The summed E-state index contributed by atoms with van der Waals surface area (Å²) in [5.41, 5.74) is 3.55. The van der Waals surface area contributed by atoms with Crippen molar-refractivity contribution in [3.05, 3.63) is 72.4 Å². The number of benzene rings is 2. The van der Waals surface area contributed by atoms with Crippen LogP contribution in [0.5, 0.6) is 5.75 Å². The molecule has 0 saturated carbocycles. The van der Waals surface area contributed by atoms with Crippen LogP contribution in [0.1, 0.15) is 23.2 Å². The Labute approximate surface area is 186 Å². The van der Waals surface area contributed by atoms with Gasteiger partial charge in [0.1, 0.15) is 5.75 Å². The molecular formula is C25H25N5O2. The highest BCUT2D eigenvalue weighted by atomic mass is 16.5. The number of carbonyl (C=O) groups is 1. The van der Waals surface area contributed by atoms with Crippen molar-refractivity contribution < 1.29 is 9.53 Å². The Morgan fingerprint density at radius 1 is 1.16 bits per heavy atom. The zero-order valence-electron chi connectivity index (χ0n) is 17.9. The van der Waals surface area contributed by atoms with E-state index in [9.17, 15) is 4.79 Å². The van der Waals surface area contributed by atoms with E-state index in [2.05, 4.69) is 31.5 Å². The van der Waals surface area contributed by atoms with Crippen molar-refractivity contribution in [1.82, 2.24) is 20.5 Å². The SMILES string of the molecule is COc1ccc(-c2cc(N3CCC[C@@H](NC(=O)c4ccc5ncccc5c4)C3)n[nH]2)cc1. The smallest absolute Gasteiger partial charge is 0.251 e. The molecule has 1 atom stereocenters. The maximum Gasteiger partial charge on any atom is 0.251 e. The first-order valence-corrected chi connectivity index (χ1v) is 10.8. The van der Waals surface area contributed by atoms with Crippen LogP contribution in [0.3, 0.4) is 0 Å². The normalized spacial score (nSPS) is 16.2. The number of pyridine rings is 1. The highest BCUT2D eigenvalue weighted by molar-refractivity contribution is 5.98. The molecule has 0 radical (unpaired) electrons. The fourth-order valence-corrected chi connectivity index (χ4v) is 4.18. The van der Waals surface area contributed by atoms with Gasteiger partial charge in [-0.2, -0.15) is 5.10 Å². The first-order valence-electron chi connectivity index (χ1n) is 10.8. The van der Waals surface area contributed by atoms with Crippen molar-refractivity contribution >= 4 is 22.6 Å². The molecule has 7 nitrogen and oxygen atoms in total. The van der Waals surface area contributed by atoms with Crippen molar-refractivity contribution in [2.45, 2.75) is 18.9 Å². The summed E-state index contributed by atoms with van der Waals surface area (Å²) in [5, 5.41) is 11.8. The molecule has 2 N–H and O–H groups in total. The molecular weight excluding hydrogens is 402 g/mol. The van der Waals surface area contributed by atoms with Gasteiger partial charge in [0.25, 0.3) is 5.91 Å². The molecule has 0 bridgehead atoms. The fourth-order valence-electron chi connectivity index (χ4n) is 4.18. The van der Waals surface area contributed by atoms with E-state index in [1.54, 1.807) is 13.3 Å². The third-order valence-electron chi connectivity index (χ3n) is 5.91. The van der Waals surface area contributed by atoms with E-state index >= 15 is 0 Å². The second-order valence-corrected chi connectivity index (χ2v) is 8.04. The lowest BCUT2D eigenvalue weighted by Crippen LogP contribution is -2.48. The van der Waals surface area contributed by atoms with Crippen molar-refractivity contribution in [3.63, 3.8) is 0 Å². The van der Waals surface area contributed by atoms with Crippen LogP contribution in [0.15, 0.2) is 66.9 Å². The van der Waals surface area contributed by atoms with E-state index in [0.717, 1.165) is 59.7 Å². The van der Waals surface area contributed by atoms with E-state index in [4.69, 9.17) is 4.74 Å². The van der Waals surface area contributed by atoms with E-state index < -0.39 is 0 Å². The number of piperidine rings is 1. The summed E-state index contributed by atoms with van der Waals surface area (Å²) < 4.78 is 5.23. The number of hydrogen-bond acceptors (Lipinski definition) is 5. The Morgan fingerprint density at radius 2 is 2.03 bits per heavy atom. The average molecular weight is 428 g/mol. The van der Waals surface area contributed by atoms with E-state index in [-0.39, 0.29) is 11.9 Å². The van der Waals surface area contributed by atoms with Crippen molar-refractivity contribution in [1.29, 1.82) is 0 Å². The molecule has 0 aliphatic carbocycles. The van der Waals surface area contributed by atoms with Crippen LogP contribution in [-0.2, 0) is 0 Å². The van der Waals surface area contributed by atoms with Gasteiger partial charge in [0.15, 0.2) is 5.82 Å². The molecule has 0 unspecified atom stereocenters. The van der Waals surface area contributed by atoms with Crippen LogP contribution >= 0.6 is 0 Å². The number of anilines is 1. The maximum absolute atomic E-state index is 12.9. The van der Waals surface area contributed by atoms with Gasteiger partial charge in [0, 0.05) is 42.3 Å². The second-order valence-electron chi connectivity index (χ2n) is 8.04. The average Bonchev–Trinajstić information content (AvgIpc) is 3.34. The standard InChI is InChI=1S/C25H25N5O2/c1-32-21-9-6-17(7-10-21)23-15-24(29-28-23)30-13-3-5-20(16-30)27-25(31)19-8-11-22-18(14-19)4-2-12-26-22/h2,4,6-12,14-15,20H,3,5,13,16H2,1H3,(H,27,31)(H,28,29)/t20-/m1/s1. The molecule has 3 heterocycles. The highest BCUT2D eigenvalue weighted by Gasteiger charge is 2.24. The molecule has 1 aliphatic heterocycles. The first-order chi connectivity index (χ1) is 15.7. The van der Waals surface area contributed by atoms with Gasteiger partial charge in [-0.05, 0) is 66.9 Å². The van der Waals surface area contributed by atoms with Gasteiger partial charge < -0.3 is 15.0 Å². The number of carbonyl (C=O) groups excluding carboxylic acids is 1. The summed E-state index contributed by atoms with van der Waals surface area (Å²) in [6.45, 7) is 1.65. The van der Waals surface area contributed by atoms with Crippen molar-refractivity contribution in [2.75, 3.05) is 25.1 Å². The van der Waals surface area contributed by atoms with Crippen LogP contribution in [0, 0.1) is 0 Å². The summed E-state index contributed by atoms with van der Waals surface area (Å²) in [6.07, 6.45) is 3.71. The number of ether oxygens (including phenoxy) is 1. The van der Waals surface area contributed by atoms with Crippen LogP contribution in [-0.4, -0.2) is 47.3 Å². The van der Waals surface area contributed by atoms with Gasteiger partial charge in [-0.3, -0.25) is 14.9 Å². The van der Waals surface area contributed by atoms with Crippen molar-refractivity contribution in [3.8, 4) is 17.0 Å². The number of nitrogens with zero attached hydrogens (tertiary/aromatic N) is 3. The van der Waals surface area contributed by atoms with Gasteiger partial charge in [-0.1, -0.05) is 6.07 Å². The highest BCUT2D eigenvalue weighted by Crippen LogP contribution is 2.26. The lowest BCUT2D eigenvalue weighted by atomic mass is 10.0. The Balaban J connectivity index is 1.26. The summed E-state index contributed by atoms with van der Waals surface area (Å²) in [7, 11) is 1.66. The number of hydrogen-bond donors (Lipinski definition) is 2. The van der Waals surface area contributed by atoms with E-state index in [0.29, 0.717) is 5.56 Å². The number of methoxy groups -OCH3 is 1. The number of nitrogens with one attached hydrogen (secondary N) is 2. The van der Waals surface area contributed by atoms with E-state index in [1.165, 1.54) is 0 Å². The summed E-state index contributed by atoms with van der Waals surface area (Å²) in [5.74, 6) is 1.67. The molecule has 1 amide bonds. The Kier molecular flexibility index (Phi) is 5.46. The molecule has 2 aromatic heterocycles. The molecule has 1 saturated heterocycles. The molecule has 32 heavy (non-hydrogen) atoms. The predicted molar refractivity (Wildman–Crippen MR) is 125 cm³/mol. The van der Waals surface area contributed by atoms with Gasteiger partial charge >= 0.3 is 0 Å². The summed E-state index contributed by atoms with van der Waals surface area (Å²) in [4.78, 5) is 19.4. The first kappa shape index (κ1) is 20.1. The van der Waals surface area contributed by atoms with Gasteiger partial charge in [-0.15, -0.1) is 0 Å². The van der Waals surface area contributed by atoms with Crippen LogP contribution in [0.2, 0.25) is 0 Å². The second kappa shape index (κ2) is 8.70. The lowest BCUT2D eigenvalue weighted by Gasteiger charge is -2.33. The number of H-pyrrole nitrogens is 1. The monoisotopic (exact) mass is 427 g/mol. The molecule has 4 aromatic rings. The zero-order chi connectivity index (χ0) is 21.9. The topological polar surface area (TPSA) is 83.1 Å². The van der Waals surface area contributed by atoms with Crippen molar-refractivity contribution in [2.24, 2.45) is 0 Å². The lowest BCUT2D eigenvalue weighted by molar-refractivity contribution is 0.0933. The molecule has 7 heteroatoms. The number of aromatic amines is 1. The van der Waals surface area contributed by atoms with Crippen LogP contribution in [0.25, 0.3) is 22.2 Å². The van der Waals surface area contributed by atoms with Crippen LogP contribution in [0.4, 0.5) is 5.82 Å².